The van der Waals surface area contributed by atoms with Crippen molar-refractivity contribution < 1.29 is 50.4 Å². The number of aliphatic hydroxyl groups excluding tert-OH is 8. The highest BCUT2D eigenvalue weighted by Crippen LogP contribution is 2.18. The van der Waals surface area contributed by atoms with E-state index < -0.39 is 67.4 Å². The zero-order valence-electron chi connectivity index (χ0n) is 14.7. The molecule has 0 aromatic rings. The van der Waals surface area contributed by atoms with Gasteiger partial charge < -0.3 is 50.9 Å². The molecule has 0 aromatic carbocycles. The number of carbonyl (C=O) groups excluding carboxylic acids is 1. The molecule has 0 heterocycles. The second-order valence-corrected chi connectivity index (χ2v) is 5.77. The van der Waals surface area contributed by atoms with Crippen LogP contribution in [0.1, 0.15) is 26.7 Å². The molecule has 11 heteroatoms. The fraction of sp³-hybridized carbons (Fsp3) is 0.800. The maximum atomic E-state index is 11.3. The largest absolute Gasteiger partial charge is 0.508 e. The summed E-state index contributed by atoms with van der Waals surface area (Å²) < 4.78 is 5.06. The summed E-state index contributed by atoms with van der Waals surface area (Å²) in [6, 6.07) is 0. The standard InChI is InChI=1S/C15H29NO10/c1-7(19)14(13(24)10(22)4-6-18)26-15(25)11(16-8(2)20)12(23)9(21)3-5-17/h7,9-10,13-15,17-19,21-25H,3-6H2,1-2H3,(H,16,20)/b12-11-. The lowest BCUT2D eigenvalue weighted by Gasteiger charge is -2.31. The van der Waals surface area contributed by atoms with Crippen LogP contribution in [-0.4, -0.2) is 96.8 Å². The van der Waals surface area contributed by atoms with Gasteiger partial charge in [0, 0.05) is 26.6 Å². The van der Waals surface area contributed by atoms with E-state index in [1.54, 1.807) is 0 Å². The molecule has 6 unspecified atom stereocenters. The van der Waals surface area contributed by atoms with E-state index in [0.29, 0.717) is 0 Å². The zero-order valence-corrected chi connectivity index (χ0v) is 14.7. The van der Waals surface area contributed by atoms with Crippen molar-refractivity contribution in [2.24, 2.45) is 0 Å². The second-order valence-electron chi connectivity index (χ2n) is 5.77. The molecule has 0 saturated heterocycles. The zero-order chi connectivity index (χ0) is 20.4. The van der Waals surface area contributed by atoms with E-state index in [1.807, 2.05) is 0 Å². The van der Waals surface area contributed by atoms with Crippen molar-refractivity contribution in [3.05, 3.63) is 11.5 Å². The van der Waals surface area contributed by atoms with Gasteiger partial charge in [0.25, 0.3) is 0 Å². The van der Waals surface area contributed by atoms with Gasteiger partial charge in [-0.15, -0.1) is 0 Å². The third-order valence-corrected chi connectivity index (χ3v) is 3.47. The van der Waals surface area contributed by atoms with Crippen LogP contribution < -0.4 is 5.32 Å². The van der Waals surface area contributed by atoms with E-state index in [9.17, 15) is 35.4 Å². The first-order chi connectivity index (χ1) is 12.1. The molecule has 0 saturated carbocycles. The number of aliphatic hydroxyl groups is 8. The van der Waals surface area contributed by atoms with E-state index in [2.05, 4.69) is 5.32 Å². The van der Waals surface area contributed by atoms with Crippen molar-refractivity contribution in [3.8, 4) is 0 Å². The molecule has 9 N–H and O–H groups in total. The van der Waals surface area contributed by atoms with Gasteiger partial charge in [-0.25, -0.2) is 0 Å². The molecule has 26 heavy (non-hydrogen) atoms. The van der Waals surface area contributed by atoms with Crippen LogP contribution in [0.4, 0.5) is 0 Å². The Morgan fingerprint density at radius 3 is 2.00 bits per heavy atom. The predicted octanol–water partition coefficient (Wildman–Crippen LogP) is -3.18. The molecule has 0 bridgehead atoms. The summed E-state index contributed by atoms with van der Waals surface area (Å²) in [7, 11) is 0. The molecule has 6 atom stereocenters. The molecular weight excluding hydrogens is 354 g/mol. The normalized spacial score (nSPS) is 19.7. The minimum Gasteiger partial charge on any atom is -0.508 e. The van der Waals surface area contributed by atoms with Crippen LogP contribution >= 0.6 is 0 Å². The molecule has 1 amide bonds. The lowest BCUT2D eigenvalue weighted by atomic mass is 10.0. The molecule has 154 valence electrons. The van der Waals surface area contributed by atoms with Gasteiger partial charge in [0.2, 0.25) is 5.91 Å². The van der Waals surface area contributed by atoms with E-state index in [4.69, 9.17) is 14.9 Å². The van der Waals surface area contributed by atoms with E-state index in [0.717, 1.165) is 6.92 Å². The Labute approximate surface area is 150 Å². The quantitative estimate of drug-likeness (QED) is 0.122. The average Bonchev–Trinajstić information content (AvgIpc) is 2.56. The van der Waals surface area contributed by atoms with Gasteiger partial charge in [0.1, 0.15) is 29.8 Å². The van der Waals surface area contributed by atoms with Crippen LogP contribution in [0.25, 0.3) is 0 Å². The van der Waals surface area contributed by atoms with Crippen molar-refractivity contribution >= 4 is 5.91 Å². The SMILES string of the molecule is CC(=O)N/C(=C(\O)C(O)CCO)C(O)OC(C(C)O)C(O)C(O)CCO. The first-order valence-corrected chi connectivity index (χ1v) is 8.04. The van der Waals surface area contributed by atoms with Gasteiger partial charge >= 0.3 is 0 Å². The smallest absolute Gasteiger partial charge is 0.221 e. The van der Waals surface area contributed by atoms with Crippen molar-refractivity contribution in [1.82, 2.24) is 5.32 Å². The summed E-state index contributed by atoms with van der Waals surface area (Å²) in [5.74, 6) is -1.60. The minimum absolute atomic E-state index is 0.224. The minimum atomic E-state index is -2.09. The second kappa shape index (κ2) is 12.1. The summed E-state index contributed by atoms with van der Waals surface area (Å²) in [5.41, 5.74) is -0.645. The molecule has 0 aliphatic heterocycles. The van der Waals surface area contributed by atoms with Crippen molar-refractivity contribution in [1.29, 1.82) is 0 Å². The van der Waals surface area contributed by atoms with Gasteiger partial charge in [0.05, 0.1) is 12.2 Å². The molecule has 0 aliphatic rings. The van der Waals surface area contributed by atoms with Crippen LogP contribution in [-0.2, 0) is 9.53 Å². The third-order valence-electron chi connectivity index (χ3n) is 3.47. The van der Waals surface area contributed by atoms with Crippen LogP contribution in [0.2, 0.25) is 0 Å². The van der Waals surface area contributed by atoms with Gasteiger partial charge in [-0.1, -0.05) is 0 Å². The predicted molar refractivity (Wildman–Crippen MR) is 87.5 cm³/mol. The van der Waals surface area contributed by atoms with Gasteiger partial charge in [-0.3, -0.25) is 4.79 Å². The number of carbonyl (C=O) groups is 1. The van der Waals surface area contributed by atoms with Crippen molar-refractivity contribution in [3.63, 3.8) is 0 Å². The summed E-state index contributed by atoms with van der Waals surface area (Å²) in [5, 5.41) is 78.9. The summed E-state index contributed by atoms with van der Waals surface area (Å²) in [4.78, 5) is 11.3. The molecule has 0 spiro atoms. The summed E-state index contributed by atoms with van der Waals surface area (Å²) >= 11 is 0. The van der Waals surface area contributed by atoms with Crippen molar-refractivity contribution in [2.45, 2.75) is 63.5 Å². The lowest BCUT2D eigenvalue weighted by Crippen LogP contribution is -2.48. The van der Waals surface area contributed by atoms with Crippen LogP contribution in [0.15, 0.2) is 11.5 Å². The Hall–Kier alpha value is -1.31. The van der Waals surface area contributed by atoms with Crippen LogP contribution in [0.5, 0.6) is 0 Å². The number of amides is 1. The molecule has 0 aliphatic carbocycles. The maximum Gasteiger partial charge on any atom is 0.221 e. The maximum absolute atomic E-state index is 11.3. The van der Waals surface area contributed by atoms with E-state index in [1.165, 1.54) is 6.92 Å². The number of rotatable bonds is 12. The first kappa shape index (κ1) is 24.7. The van der Waals surface area contributed by atoms with Crippen LogP contribution in [0.3, 0.4) is 0 Å². The van der Waals surface area contributed by atoms with E-state index in [-0.39, 0.29) is 12.8 Å². The van der Waals surface area contributed by atoms with Crippen LogP contribution in [0, 0.1) is 0 Å². The van der Waals surface area contributed by atoms with Crippen molar-refractivity contribution in [2.75, 3.05) is 13.2 Å². The Kier molecular flexibility index (Phi) is 11.5. The first-order valence-electron chi connectivity index (χ1n) is 8.04. The van der Waals surface area contributed by atoms with Gasteiger partial charge in [-0.2, -0.15) is 0 Å². The molecule has 0 radical (unpaired) electrons. The summed E-state index contributed by atoms with van der Waals surface area (Å²) in [6.07, 6.45) is -10.4. The Bertz CT molecular complexity index is 456. The van der Waals surface area contributed by atoms with E-state index >= 15 is 0 Å². The van der Waals surface area contributed by atoms with Gasteiger partial charge in [0.15, 0.2) is 6.29 Å². The average molecular weight is 383 g/mol. The fourth-order valence-electron chi connectivity index (χ4n) is 2.10. The molecule has 0 fully saturated rings. The molecule has 0 rings (SSSR count). The number of ether oxygens (including phenoxy) is 1. The highest BCUT2D eigenvalue weighted by atomic mass is 16.6. The van der Waals surface area contributed by atoms with Gasteiger partial charge in [-0.05, 0) is 13.3 Å². The fourth-order valence-corrected chi connectivity index (χ4v) is 2.10. The Balaban J connectivity index is 5.50. The summed E-state index contributed by atoms with van der Waals surface area (Å²) in [6.45, 7) is 1.33. The highest BCUT2D eigenvalue weighted by Gasteiger charge is 2.34. The molecule has 11 nitrogen and oxygen atoms in total. The topological polar surface area (TPSA) is 200 Å². The Morgan fingerprint density at radius 2 is 1.58 bits per heavy atom. The number of nitrogens with one attached hydrogen (secondary N) is 1. The number of hydrogen-bond acceptors (Lipinski definition) is 10. The lowest BCUT2D eigenvalue weighted by molar-refractivity contribution is -0.196. The Morgan fingerprint density at radius 1 is 1.04 bits per heavy atom. The molecular formula is C15H29NO10. The highest BCUT2D eigenvalue weighted by molar-refractivity contribution is 5.75. The monoisotopic (exact) mass is 383 g/mol. The molecule has 0 aromatic heterocycles. The number of hydrogen-bond donors (Lipinski definition) is 9. The third kappa shape index (κ3) is 7.93.